The van der Waals surface area contributed by atoms with Crippen molar-refractivity contribution in [2.75, 3.05) is 25.2 Å². The van der Waals surface area contributed by atoms with Crippen molar-refractivity contribution in [3.8, 4) is 0 Å². The van der Waals surface area contributed by atoms with Crippen molar-refractivity contribution in [2.45, 2.75) is 6.92 Å². The molecule has 0 aliphatic carbocycles. The van der Waals surface area contributed by atoms with Crippen molar-refractivity contribution in [1.29, 1.82) is 0 Å². The zero-order valence-electron chi connectivity index (χ0n) is 7.65. The second-order valence-electron chi connectivity index (χ2n) is 1.70. The first kappa shape index (κ1) is 15.1. The number of ether oxygens (including phenoxy) is 2. The normalized spacial score (nSPS) is 8.00. The molecule has 13 heavy (non-hydrogen) atoms. The van der Waals surface area contributed by atoms with Crippen LogP contribution in [0.15, 0.2) is 0 Å². The van der Waals surface area contributed by atoms with E-state index in [0.717, 1.165) is 0 Å². The maximum atomic E-state index is 10.1. The van der Waals surface area contributed by atoms with Crippen molar-refractivity contribution >= 4 is 37.2 Å². The van der Waals surface area contributed by atoms with Crippen LogP contribution in [0.2, 0.25) is 0 Å². The Hall–Kier alpha value is -0.360. The highest BCUT2D eigenvalue weighted by atomic mass is 32.1. The summed E-state index contributed by atoms with van der Waals surface area (Å²) in [4.78, 5) is 20.0. The molecule has 0 aliphatic heterocycles. The number of carbonyl (C=O) groups is 2. The van der Waals surface area contributed by atoms with Gasteiger partial charge in [-0.3, -0.25) is 9.59 Å². The first-order valence-electron chi connectivity index (χ1n) is 3.56. The lowest BCUT2D eigenvalue weighted by molar-refractivity contribution is -0.140. The molecule has 0 radical (unpaired) electrons. The van der Waals surface area contributed by atoms with Crippen LogP contribution in [0.1, 0.15) is 6.92 Å². The molecule has 0 unspecified atom stereocenters. The van der Waals surface area contributed by atoms with Gasteiger partial charge in [0.05, 0.1) is 25.2 Å². The Morgan fingerprint density at radius 1 is 1.15 bits per heavy atom. The van der Waals surface area contributed by atoms with E-state index in [1.807, 2.05) is 0 Å². The minimum absolute atomic E-state index is 0.163. The molecule has 0 saturated carbocycles. The molecule has 0 bridgehead atoms. The summed E-state index contributed by atoms with van der Waals surface area (Å²) in [5.41, 5.74) is 0. The Morgan fingerprint density at radius 3 is 1.69 bits per heavy atom. The van der Waals surface area contributed by atoms with Gasteiger partial charge >= 0.3 is 11.9 Å². The molecular formula is C7H14O4S2. The molecule has 0 spiro atoms. The number of methoxy groups -OCH3 is 1. The lowest BCUT2D eigenvalue weighted by Gasteiger charge is -1.93. The van der Waals surface area contributed by atoms with E-state index in [1.54, 1.807) is 6.92 Å². The molecule has 0 rings (SSSR count). The van der Waals surface area contributed by atoms with E-state index in [2.05, 4.69) is 34.7 Å². The van der Waals surface area contributed by atoms with Crippen molar-refractivity contribution in [3.05, 3.63) is 0 Å². The number of hydrogen-bond acceptors (Lipinski definition) is 6. The van der Waals surface area contributed by atoms with Crippen LogP contribution in [-0.2, 0) is 19.1 Å². The fourth-order valence-corrected chi connectivity index (χ4v) is 0.492. The van der Waals surface area contributed by atoms with Gasteiger partial charge < -0.3 is 9.47 Å². The molecule has 0 aromatic heterocycles. The van der Waals surface area contributed by atoms with Gasteiger partial charge in [-0.2, -0.15) is 25.3 Å². The average molecular weight is 226 g/mol. The fraction of sp³-hybridized carbons (Fsp3) is 0.714. The highest BCUT2D eigenvalue weighted by molar-refractivity contribution is 7.81. The summed E-state index contributed by atoms with van der Waals surface area (Å²) in [6.45, 7) is 2.21. The largest absolute Gasteiger partial charge is 0.468 e. The van der Waals surface area contributed by atoms with Gasteiger partial charge in [-0.1, -0.05) is 0 Å². The van der Waals surface area contributed by atoms with E-state index in [0.29, 0.717) is 6.61 Å². The molecule has 78 valence electrons. The second kappa shape index (κ2) is 11.6. The van der Waals surface area contributed by atoms with Crippen LogP contribution in [-0.4, -0.2) is 37.2 Å². The Labute approximate surface area is 88.8 Å². The molecule has 0 amide bonds. The van der Waals surface area contributed by atoms with E-state index >= 15 is 0 Å². The Morgan fingerprint density at radius 2 is 1.62 bits per heavy atom. The number of hydrogen-bond donors (Lipinski definition) is 2. The van der Waals surface area contributed by atoms with Crippen LogP contribution in [0.5, 0.6) is 0 Å². The Kier molecular flexibility index (Phi) is 13.5. The zero-order chi connectivity index (χ0) is 10.7. The predicted molar refractivity (Wildman–Crippen MR) is 56.4 cm³/mol. The molecule has 0 aromatic rings. The van der Waals surface area contributed by atoms with E-state index in [9.17, 15) is 9.59 Å². The monoisotopic (exact) mass is 226 g/mol. The molecule has 4 nitrogen and oxygen atoms in total. The summed E-state index contributed by atoms with van der Waals surface area (Å²) in [7, 11) is 1.33. The summed E-state index contributed by atoms with van der Waals surface area (Å²) in [6, 6.07) is 0. The van der Waals surface area contributed by atoms with Crippen LogP contribution in [0, 0.1) is 0 Å². The smallest absolute Gasteiger partial charge is 0.315 e. The molecule has 0 N–H and O–H groups in total. The third-order valence-electron chi connectivity index (χ3n) is 0.791. The highest BCUT2D eigenvalue weighted by Crippen LogP contribution is 1.78. The van der Waals surface area contributed by atoms with Gasteiger partial charge in [0.15, 0.2) is 0 Å². The van der Waals surface area contributed by atoms with E-state index in [-0.39, 0.29) is 23.4 Å². The fourth-order valence-electron chi connectivity index (χ4n) is 0.271. The zero-order valence-corrected chi connectivity index (χ0v) is 9.44. The Balaban J connectivity index is 0. The molecule has 6 heteroatoms. The van der Waals surface area contributed by atoms with Crippen molar-refractivity contribution in [3.63, 3.8) is 0 Å². The Bertz CT molecular complexity index is 143. The van der Waals surface area contributed by atoms with Gasteiger partial charge in [-0.05, 0) is 6.92 Å². The lowest BCUT2D eigenvalue weighted by Crippen LogP contribution is -2.03. The maximum Gasteiger partial charge on any atom is 0.315 e. The highest BCUT2D eigenvalue weighted by Gasteiger charge is 1.92. The van der Waals surface area contributed by atoms with Crippen LogP contribution >= 0.6 is 25.3 Å². The summed E-state index contributed by atoms with van der Waals surface area (Å²) < 4.78 is 8.66. The quantitative estimate of drug-likeness (QED) is 0.545. The first-order valence-corrected chi connectivity index (χ1v) is 4.83. The SMILES string of the molecule is CCOC(=O)CS.COC(=O)CS. The van der Waals surface area contributed by atoms with Crippen LogP contribution in [0.3, 0.4) is 0 Å². The third-order valence-corrected chi connectivity index (χ3v) is 1.31. The van der Waals surface area contributed by atoms with Gasteiger partial charge in [0.2, 0.25) is 0 Å². The molecule has 0 fully saturated rings. The molecule has 0 aliphatic rings. The molecule has 0 saturated heterocycles. The minimum atomic E-state index is -0.293. The van der Waals surface area contributed by atoms with Crippen LogP contribution in [0.25, 0.3) is 0 Å². The molecule has 0 atom stereocenters. The van der Waals surface area contributed by atoms with E-state index in [4.69, 9.17) is 0 Å². The topological polar surface area (TPSA) is 52.6 Å². The first-order chi connectivity index (χ1) is 6.12. The summed E-state index contributed by atoms with van der Waals surface area (Å²) in [5.74, 6) is -0.214. The molecule has 0 aromatic carbocycles. The molecule has 0 heterocycles. The standard InChI is InChI=1S/C4H8O2S.C3H6O2S/c1-2-6-4(5)3-7;1-5-3(4)2-6/h7H,2-3H2,1H3;6H,2H2,1H3. The second-order valence-corrected chi connectivity index (χ2v) is 2.33. The average Bonchev–Trinajstić information content (AvgIpc) is 2.18. The van der Waals surface area contributed by atoms with Gasteiger partial charge in [-0.25, -0.2) is 0 Å². The summed E-state index contributed by atoms with van der Waals surface area (Å²) in [5, 5.41) is 0. The van der Waals surface area contributed by atoms with Gasteiger partial charge in [0.25, 0.3) is 0 Å². The van der Waals surface area contributed by atoms with E-state index < -0.39 is 0 Å². The predicted octanol–water partition coefficient (Wildman–Crippen LogP) is 0.569. The van der Waals surface area contributed by atoms with E-state index in [1.165, 1.54) is 7.11 Å². The number of carbonyl (C=O) groups excluding carboxylic acids is 2. The number of thiol groups is 2. The van der Waals surface area contributed by atoms with Crippen molar-refractivity contribution in [1.82, 2.24) is 0 Å². The van der Waals surface area contributed by atoms with Crippen molar-refractivity contribution in [2.24, 2.45) is 0 Å². The van der Waals surface area contributed by atoms with Crippen molar-refractivity contribution < 1.29 is 19.1 Å². The summed E-state index contributed by atoms with van der Waals surface area (Å²) >= 11 is 7.30. The minimum Gasteiger partial charge on any atom is -0.468 e. The van der Waals surface area contributed by atoms with Crippen LogP contribution < -0.4 is 0 Å². The maximum absolute atomic E-state index is 10.1. The van der Waals surface area contributed by atoms with Gasteiger partial charge in [-0.15, -0.1) is 0 Å². The number of esters is 2. The van der Waals surface area contributed by atoms with Crippen LogP contribution in [0.4, 0.5) is 0 Å². The number of rotatable bonds is 3. The summed E-state index contributed by atoms with van der Waals surface area (Å²) in [6.07, 6.45) is 0. The van der Waals surface area contributed by atoms with Gasteiger partial charge in [0, 0.05) is 0 Å². The molecular weight excluding hydrogens is 212 g/mol. The lowest BCUT2D eigenvalue weighted by atomic mass is 10.8. The van der Waals surface area contributed by atoms with Gasteiger partial charge in [0.1, 0.15) is 0 Å². The third kappa shape index (κ3) is 14.5.